The van der Waals surface area contributed by atoms with E-state index in [0.717, 1.165) is 25.7 Å². The van der Waals surface area contributed by atoms with Crippen LogP contribution in [-0.2, 0) is 14.3 Å². The molecule has 0 bridgehead atoms. The van der Waals surface area contributed by atoms with E-state index in [-0.39, 0.29) is 0 Å². The predicted octanol–water partition coefficient (Wildman–Crippen LogP) is 2.36. The molecule has 0 aliphatic heterocycles. The highest BCUT2D eigenvalue weighted by atomic mass is 16.6. The Morgan fingerprint density at radius 1 is 1.20 bits per heavy atom. The number of hydrogen-bond donors (Lipinski definition) is 1. The Morgan fingerprint density at radius 3 is 2.07 bits per heavy atom. The van der Waals surface area contributed by atoms with Gasteiger partial charge in [0.25, 0.3) is 0 Å². The summed E-state index contributed by atoms with van der Waals surface area (Å²) in [5.74, 6) is -1.78. The molecule has 0 rings (SSSR count). The van der Waals surface area contributed by atoms with Gasteiger partial charge in [-0.1, -0.05) is 27.2 Å². The van der Waals surface area contributed by atoms with Crippen LogP contribution in [0, 0.1) is 0 Å². The molecule has 15 heavy (non-hydrogen) atoms. The lowest BCUT2D eigenvalue weighted by Crippen LogP contribution is -2.34. The van der Waals surface area contributed by atoms with Crippen LogP contribution in [0.3, 0.4) is 0 Å². The van der Waals surface area contributed by atoms with Crippen LogP contribution in [0.25, 0.3) is 0 Å². The van der Waals surface area contributed by atoms with Gasteiger partial charge in [0.15, 0.2) is 0 Å². The van der Waals surface area contributed by atoms with Crippen molar-refractivity contribution in [2.45, 2.75) is 58.5 Å². The molecule has 1 N–H and O–H groups in total. The van der Waals surface area contributed by atoms with Crippen molar-refractivity contribution in [2.24, 2.45) is 0 Å². The summed E-state index contributed by atoms with van der Waals surface area (Å²) in [6.45, 7) is 5.92. The third-order valence-corrected chi connectivity index (χ3v) is 2.62. The Kier molecular flexibility index (Phi) is 5.97. The molecule has 0 spiro atoms. The molecule has 0 heterocycles. The fourth-order valence-electron chi connectivity index (χ4n) is 1.66. The van der Waals surface area contributed by atoms with E-state index in [1.165, 1.54) is 0 Å². The quantitative estimate of drug-likeness (QED) is 0.524. The molecule has 0 radical (unpaired) electrons. The molecule has 4 nitrogen and oxygen atoms in total. The Hall–Kier alpha value is -1.06. The van der Waals surface area contributed by atoms with Gasteiger partial charge in [0.1, 0.15) is 12.0 Å². The summed E-state index contributed by atoms with van der Waals surface area (Å²) in [5, 5.41) is 8.46. The van der Waals surface area contributed by atoms with Gasteiger partial charge in [0, 0.05) is 0 Å². The summed E-state index contributed by atoms with van der Waals surface area (Å²) in [6.07, 6.45) is 2.60. The van der Waals surface area contributed by atoms with Gasteiger partial charge in [-0.2, -0.15) is 0 Å². The number of carbonyl (C=O) groups is 2. The first-order chi connectivity index (χ1) is 6.99. The second-order valence-corrected chi connectivity index (χ2v) is 3.68. The lowest BCUT2D eigenvalue weighted by atomic mass is 9.92. The second-order valence-electron chi connectivity index (χ2n) is 3.68. The molecule has 0 amide bonds. The van der Waals surface area contributed by atoms with Gasteiger partial charge in [-0.3, -0.25) is 9.59 Å². The van der Waals surface area contributed by atoms with Gasteiger partial charge >= 0.3 is 11.9 Å². The molecular weight excluding hydrogens is 196 g/mol. The molecule has 0 fully saturated rings. The Bertz CT molecular complexity index is 219. The minimum absolute atomic E-state index is 0.471. The monoisotopic (exact) mass is 216 g/mol. The number of rotatable bonds is 7. The van der Waals surface area contributed by atoms with E-state index in [1.807, 2.05) is 20.8 Å². The third kappa shape index (κ3) is 4.81. The number of hydrogen-bond acceptors (Lipinski definition) is 3. The largest absolute Gasteiger partial charge is 0.481 e. The summed E-state index contributed by atoms with van der Waals surface area (Å²) >= 11 is 0. The van der Waals surface area contributed by atoms with Gasteiger partial charge in [0.2, 0.25) is 0 Å². The summed E-state index contributed by atoms with van der Waals surface area (Å²) in [7, 11) is 0. The summed E-state index contributed by atoms with van der Waals surface area (Å²) < 4.78 is 5.27. The van der Waals surface area contributed by atoms with Crippen LogP contribution >= 0.6 is 0 Å². The van der Waals surface area contributed by atoms with E-state index in [1.54, 1.807) is 0 Å². The molecule has 0 aromatic heterocycles. The van der Waals surface area contributed by atoms with Crippen molar-refractivity contribution in [1.82, 2.24) is 0 Å². The second kappa shape index (κ2) is 6.43. The number of carboxylic acids is 1. The van der Waals surface area contributed by atoms with E-state index >= 15 is 0 Å². The van der Waals surface area contributed by atoms with Crippen LogP contribution in [0.15, 0.2) is 0 Å². The molecule has 0 aromatic carbocycles. The fraction of sp³-hybridized carbons (Fsp3) is 0.818. The molecule has 0 aliphatic rings. The van der Waals surface area contributed by atoms with Crippen molar-refractivity contribution in [3.8, 4) is 0 Å². The van der Waals surface area contributed by atoms with Crippen molar-refractivity contribution in [3.63, 3.8) is 0 Å². The first-order valence-electron chi connectivity index (χ1n) is 5.43. The summed E-state index contributed by atoms with van der Waals surface area (Å²) in [5.41, 5.74) is -0.471. The minimum atomic E-state index is -1.14. The van der Waals surface area contributed by atoms with Crippen LogP contribution in [-0.4, -0.2) is 22.6 Å². The van der Waals surface area contributed by atoms with E-state index < -0.39 is 24.0 Å². The maximum Gasteiger partial charge on any atom is 0.317 e. The zero-order chi connectivity index (χ0) is 11.9. The van der Waals surface area contributed by atoms with E-state index in [2.05, 4.69) is 0 Å². The van der Waals surface area contributed by atoms with Crippen molar-refractivity contribution in [2.75, 3.05) is 0 Å². The lowest BCUT2D eigenvalue weighted by Gasteiger charge is -2.31. The molecule has 0 unspecified atom stereocenters. The number of carboxylic acid groups (broad SMARTS) is 1. The highest BCUT2D eigenvalue weighted by Crippen LogP contribution is 2.26. The van der Waals surface area contributed by atoms with Crippen LogP contribution < -0.4 is 0 Å². The zero-order valence-electron chi connectivity index (χ0n) is 9.71. The van der Waals surface area contributed by atoms with E-state index in [0.29, 0.717) is 0 Å². The Balaban J connectivity index is 4.38. The number of aliphatic carboxylic acids is 1. The van der Waals surface area contributed by atoms with Crippen LogP contribution in [0.4, 0.5) is 0 Å². The third-order valence-electron chi connectivity index (χ3n) is 2.62. The van der Waals surface area contributed by atoms with Crippen molar-refractivity contribution in [1.29, 1.82) is 0 Å². The van der Waals surface area contributed by atoms with Crippen LogP contribution in [0.2, 0.25) is 0 Å². The van der Waals surface area contributed by atoms with Crippen molar-refractivity contribution >= 4 is 11.9 Å². The predicted molar refractivity (Wildman–Crippen MR) is 56.6 cm³/mol. The maximum atomic E-state index is 11.3. The standard InChI is InChI=1S/C11H20O4/c1-4-7-11(5-2,6-3)15-10(14)8-9(12)13/h4-8H2,1-3H3,(H,12,13). The highest BCUT2D eigenvalue weighted by Gasteiger charge is 2.30. The molecule has 88 valence electrons. The van der Waals surface area contributed by atoms with Gasteiger partial charge in [-0.05, 0) is 19.3 Å². The molecular formula is C11H20O4. The smallest absolute Gasteiger partial charge is 0.317 e. The molecule has 0 saturated heterocycles. The lowest BCUT2D eigenvalue weighted by molar-refractivity contribution is -0.165. The van der Waals surface area contributed by atoms with Crippen molar-refractivity contribution in [3.05, 3.63) is 0 Å². The summed E-state index contributed by atoms with van der Waals surface area (Å²) in [6, 6.07) is 0. The van der Waals surface area contributed by atoms with Gasteiger partial charge in [-0.15, -0.1) is 0 Å². The number of carbonyl (C=O) groups excluding carboxylic acids is 1. The molecule has 4 heteroatoms. The molecule has 0 atom stereocenters. The topological polar surface area (TPSA) is 63.6 Å². The Morgan fingerprint density at radius 2 is 1.73 bits per heavy atom. The van der Waals surface area contributed by atoms with Crippen LogP contribution in [0.1, 0.15) is 52.9 Å². The van der Waals surface area contributed by atoms with E-state index in [4.69, 9.17) is 9.84 Å². The van der Waals surface area contributed by atoms with Crippen molar-refractivity contribution < 1.29 is 19.4 Å². The molecule has 0 saturated carbocycles. The maximum absolute atomic E-state index is 11.3. The fourth-order valence-corrected chi connectivity index (χ4v) is 1.66. The average Bonchev–Trinajstić information content (AvgIpc) is 2.15. The normalized spacial score (nSPS) is 11.1. The average molecular weight is 216 g/mol. The zero-order valence-corrected chi connectivity index (χ0v) is 9.71. The van der Waals surface area contributed by atoms with Gasteiger partial charge in [0.05, 0.1) is 0 Å². The van der Waals surface area contributed by atoms with Gasteiger partial charge < -0.3 is 9.84 Å². The first-order valence-corrected chi connectivity index (χ1v) is 5.43. The van der Waals surface area contributed by atoms with E-state index in [9.17, 15) is 9.59 Å². The minimum Gasteiger partial charge on any atom is -0.481 e. The number of esters is 1. The van der Waals surface area contributed by atoms with Crippen LogP contribution in [0.5, 0.6) is 0 Å². The molecule has 0 aliphatic carbocycles. The number of ether oxygens (including phenoxy) is 1. The first kappa shape index (κ1) is 13.9. The summed E-state index contributed by atoms with van der Waals surface area (Å²) in [4.78, 5) is 21.6. The SMILES string of the molecule is CCCC(CC)(CC)OC(=O)CC(=O)O. The Labute approximate surface area is 90.6 Å². The van der Waals surface area contributed by atoms with Gasteiger partial charge in [-0.25, -0.2) is 0 Å². The molecule has 0 aromatic rings. The highest BCUT2D eigenvalue weighted by molar-refractivity contribution is 5.90.